The highest BCUT2D eigenvalue weighted by molar-refractivity contribution is 8.01. The second-order valence-electron chi connectivity index (χ2n) is 8.90. The lowest BCUT2D eigenvalue weighted by atomic mass is 9.92. The van der Waals surface area contributed by atoms with Crippen molar-refractivity contribution in [1.82, 2.24) is 14.8 Å². The van der Waals surface area contributed by atoms with Gasteiger partial charge in [-0.25, -0.2) is 4.98 Å². The fourth-order valence-electron chi connectivity index (χ4n) is 4.48. The zero-order valence-corrected chi connectivity index (χ0v) is 20.7. The molecule has 1 aromatic carbocycles. The summed E-state index contributed by atoms with van der Waals surface area (Å²) in [7, 11) is 1.56. The Morgan fingerprint density at radius 2 is 2.06 bits per heavy atom. The van der Waals surface area contributed by atoms with Gasteiger partial charge in [-0.05, 0) is 43.5 Å². The smallest absolute Gasteiger partial charge is 0.257 e. The normalized spacial score (nSPS) is 21.0. The monoisotopic (exact) mass is 498 g/mol. The zero-order valence-electron chi connectivity index (χ0n) is 19.1. The molecule has 2 unspecified atom stereocenters. The van der Waals surface area contributed by atoms with E-state index in [0.717, 1.165) is 27.5 Å². The van der Waals surface area contributed by atoms with Crippen LogP contribution in [0.15, 0.2) is 40.1 Å². The second-order valence-corrected chi connectivity index (χ2v) is 11.3. The number of nitrogens with zero attached hydrogens (tertiary/aromatic N) is 3. The summed E-state index contributed by atoms with van der Waals surface area (Å²) < 4.78 is 6.47. The molecule has 1 N–H and O–H groups in total. The summed E-state index contributed by atoms with van der Waals surface area (Å²) >= 11 is 2.94. The van der Waals surface area contributed by atoms with E-state index >= 15 is 0 Å². The molecule has 3 fully saturated rings. The summed E-state index contributed by atoms with van der Waals surface area (Å²) in [5.41, 5.74) is 1.49. The van der Waals surface area contributed by atoms with Gasteiger partial charge < -0.3 is 19.9 Å². The number of thiazole rings is 1. The topological polar surface area (TPSA) is 91.8 Å². The maximum Gasteiger partial charge on any atom is 0.257 e. The summed E-state index contributed by atoms with van der Waals surface area (Å²) in [6, 6.07) is 3.81. The number of nitrogens with one attached hydrogen (secondary N) is 1. The average molecular weight is 499 g/mol. The quantitative estimate of drug-likeness (QED) is 0.588. The van der Waals surface area contributed by atoms with Crippen LogP contribution >= 0.6 is 23.1 Å². The van der Waals surface area contributed by atoms with E-state index in [1.54, 1.807) is 18.2 Å². The van der Waals surface area contributed by atoms with E-state index in [9.17, 15) is 14.4 Å². The minimum Gasteiger partial charge on any atom is -0.496 e. The number of fused-ring (bicyclic) bond motifs is 1. The van der Waals surface area contributed by atoms with Gasteiger partial charge in [-0.15, -0.1) is 0 Å². The van der Waals surface area contributed by atoms with Gasteiger partial charge in [0.05, 0.1) is 29.1 Å². The number of methoxy groups -OCH3 is 1. The van der Waals surface area contributed by atoms with E-state index in [-0.39, 0.29) is 29.7 Å². The van der Waals surface area contributed by atoms with Crippen LogP contribution in [0.1, 0.15) is 28.8 Å². The van der Waals surface area contributed by atoms with E-state index in [1.807, 2.05) is 24.0 Å². The number of rotatable bonds is 7. The molecule has 5 rings (SSSR count). The van der Waals surface area contributed by atoms with Gasteiger partial charge in [0.25, 0.3) is 5.91 Å². The zero-order chi connectivity index (χ0) is 24.0. The molecule has 10 heteroatoms. The Labute approximate surface area is 206 Å². The van der Waals surface area contributed by atoms with Crippen molar-refractivity contribution < 1.29 is 19.1 Å². The molecule has 8 nitrogen and oxygen atoms in total. The van der Waals surface area contributed by atoms with E-state index in [0.29, 0.717) is 42.0 Å². The van der Waals surface area contributed by atoms with Gasteiger partial charge in [0.1, 0.15) is 5.75 Å². The van der Waals surface area contributed by atoms with E-state index in [4.69, 9.17) is 4.74 Å². The number of carbonyl (C=O) groups excluding carboxylic acids is 3. The molecule has 3 aliphatic rings. The van der Waals surface area contributed by atoms with Gasteiger partial charge in [-0.3, -0.25) is 14.4 Å². The molecule has 2 saturated heterocycles. The molecule has 3 amide bonds. The van der Waals surface area contributed by atoms with Crippen molar-refractivity contribution >= 4 is 46.0 Å². The standard InChI is InChI=1S/C24H26N4O4S2/c1-4-20(29)28-11-15-10-27(12-17(15)28)23(31)16-8-19(13(2)7-18(16)32-3)33-21-9-25-24(34-21)26-22(30)14-5-6-14/h4,7-9,14-15,17H,1,5-6,10-12H2,2-3H3,(H,25,26,30). The van der Waals surface area contributed by atoms with Crippen molar-refractivity contribution in [3.8, 4) is 5.75 Å². The van der Waals surface area contributed by atoms with Crippen LogP contribution in [0.4, 0.5) is 5.13 Å². The maximum absolute atomic E-state index is 13.5. The molecule has 0 bridgehead atoms. The number of ether oxygens (including phenoxy) is 1. The average Bonchev–Trinajstić information content (AvgIpc) is 3.51. The summed E-state index contributed by atoms with van der Waals surface area (Å²) in [4.78, 5) is 46.3. The highest BCUT2D eigenvalue weighted by atomic mass is 32.2. The minimum absolute atomic E-state index is 0.0346. The fraction of sp³-hybridized carbons (Fsp3) is 0.417. The van der Waals surface area contributed by atoms with Crippen molar-refractivity contribution in [3.05, 3.63) is 42.1 Å². The number of benzene rings is 1. The summed E-state index contributed by atoms with van der Waals surface area (Å²) in [6.45, 7) is 7.35. The summed E-state index contributed by atoms with van der Waals surface area (Å²) in [5, 5.41) is 3.47. The molecule has 2 aliphatic heterocycles. The van der Waals surface area contributed by atoms with Crippen molar-refractivity contribution in [2.24, 2.45) is 11.8 Å². The third-order valence-corrected chi connectivity index (χ3v) is 8.76. The molecule has 0 spiro atoms. The first-order valence-electron chi connectivity index (χ1n) is 11.2. The Balaban J connectivity index is 1.32. The molecule has 2 aromatic rings. The Kier molecular flexibility index (Phi) is 6.11. The van der Waals surface area contributed by atoms with Crippen molar-refractivity contribution in [1.29, 1.82) is 0 Å². The first kappa shape index (κ1) is 22.9. The molecule has 1 aliphatic carbocycles. The molecule has 178 valence electrons. The van der Waals surface area contributed by atoms with Crippen LogP contribution in [0, 0.1) is 18.8 Å². The third-order valence-electron chi connectivity index (χ3n) is 6.58. The van der Waals surface area contributed by atoms with E-state index in [2.05, 4.69) is 16.9 Å². The van der Waals surface area contributed by atoms with Crippen LogP contribution in [0.5, 0.6) is 5.75 Å². The molecule has 34 heavy (non-hydrogen) atoms. The summed E-state index contributed by atoms with van der Waals surface area (Å²) in [6.07, 6.45) is 4.96. The molecular weight excluding hydrogens is 472 g/mol. The number of anilines is 1. The highest BCUT2D eigenvalue weighted by Gasteiger charge is 2.48. The highest BCUT2D eigenvalue weighted by Crippen LogP contribution is 2.40. The Morgan fingerprint density at radius 3 is 2.76 bits per heavy atom. The lowest BCUT2D eigenvalue weighted by molar-refractivity contribution is -0.135. The van der Waals surface area contributed by atoms with Crippen LogP contribution in [-0.2, 0) is 9.59 Å². The predicted octanol–water partition coefficient (Wildman–Crippen LogP) is 3.43. The Bertz CT molecular complexity index is 1180. The SMILES string of the molecule is C=CC(=O)N1CC2CN(C(=O)c3cc(Sc4cnc(NC(=O)C5CC5)s4)c(C)cc3OC)CC21. The van der Waals surface area contributed by atoms with Gasteiger partial charge >= 0.3 is 0 Å². The maximum atomic E-state index is 13.5. The Morgan fingerprint density at radius 1 is 1.26 bits per heavy atom. The van der Waals surface area contributed by atoms with Gasteiger partial charge in [-0.1, -0.05) is 29.7 Å². The lowest BCUT2D eigenvalue weighted by Gasteiger charge is -2.42. The van der Waals surface area contributed by atoms with Gasteiger partial charge in [0, 0.05) is 36.4 Å². The summed E-state index contributed by atoms with van der Waals surface area (Å²) in [5.74, 6) is 0.819. The molecule has 1 saturated carbocycles. The molecule has 3 heterocycles. The van der Waals surface area contributed by atoms with Gasteiger partial charge in [0.15, 0.2) is 5.13 Å². The van der Waals surface area contributed by atoms with Gasteiger partial charge in [-0.2, -0.15) is 0 Å². The van der Waals surface area contributed by atoms with Gasteiger partial charge in [0.2, 0.25) is 11.8 Å². The number of carbonyl (C=O) groups is 3. The second kappa shape index (κ2) is 9.07. The predicted molar refractivity (Wildman–Crippen MR) is 130 cm³/mol. The number of aryl methyl sites for hydroxylation is 1. The van der Waals surface area contributed by atoms with Crippen LogP contribution in [0.3, 0.4) is 0 Å². The number of amides is 3. The lowest BCUT2D eigenvalue weighted by Crippen LogP contribution is -2.57. The largest absolute Gasteiger partial charge is 0.496 e. The van der Waals surface area contributed by atoms with E-state index < -0.39 is 0 Å². The fourth-order valence-corrected chi connectivity index (χ4v) is 6.42. The molecule has 1 aromatic heterocycles. The van der Waals surface area contributed by atoms with Crippen LogP contribution in [0.25, 0.3) is 0 Å². The minimum atomic E-state index is -0.0965. The van der Waals surface area contributed by atoms with Crippen molar-refractivity contribution in [3.63, 3.8) is 0 Å². The third kappa shape index (κ3) is 4.32. The molecule has 2 atom stereocenters. The van der Waals surface area contributed by atoms with Crippen molar-refractivity contribution in [2.45, 2.75) is 34.9 Å². The first-order valence-corrected chi connectivity index (χ1v) is 12.9. The number of likely N-dealkylation sites (tertiary alicyclic amines) is 2. The number of hydrogen-bond acceptors (Lipinski definition) is 7. The van der Waals surface area contributed by atoms with E-state index in [1.165, 1.54) is 29.2 Å². The molecule has 0 radical (unpaired) electrons. The molecular formula is C24H26N4O4S2. The Hall–Kier alpha value is -2.85. The van der Waals surface area contributed by atoms with Crippen molar-refractivity contribution in [2.75, 3.05) is 32.1 Å². The van der Waals surface area contributed by atoms with Crippen LogP contribution in [-0.4, -0.2) is 65.3 Å². The van der Waals surface area contributed by atoms with Crippen LogP contribution < -0.4 is 10.1 Å². The first-order chi connectivity index (χ1) is 16.4. The van der Waals surface area contributed by atoms with Crippen LogP contribution in [0.2, 0.25) is 0 Å². The number of aromatic nitrogens is 1. The number of hydrogen-bond donors (Lipinski definition) is 1.